The summed E-state index contributed by atoms with van der Waals surface area (Å²) in [5.74, 6) is 0.0443. The van der Waals surface area contributed by atoms with E-state index in [4.69, 9.17) is 5.10 Å². The first kappa shape index (κ1) is 20.6. The molecular formula is C27H27N3O. The van der Waals surface area contributed by atoms with Crippen molar-refractivity contribution in [1.82, 2.24) is 15.1 Å². The topological polar surface area (TPSA) is 46.9 Å². The number of para-hydroxylation sites is 1. The van der Waals surface area contributed by atoms with Gasteiger partial charge in [-0.2, -0.15) is 5.10 Å². The molecule has 1 amide bonds. The van der Waals surface area contributed by atoms with Crippen LogP contribution in [0.4, 0.5) is 0 Å². The Morgan fingerprint density at radius 3 is 2.19 bits per heavy atom. The zero-order chi connectivity index (χ0) is 21.6. The monoisotopic (exact) mass is 409 g/mol. The van der Waals surface area contributed by atoms with Crippen LogP contribution in [-0.2, 0) is 17.8 Å². The van der Waals surface area contributed by atoms with Gasteiger partial charge in [-0.05, 0) is 43.5 Å². The van der Waals surface area contributed by atoms with Gasteiger partial charge < -0.3 is 5.32 Å². The normalized spacial score (nSPS) is 10.8. The van der Waals surface area contributed by atoms with Gasteiger partial charge in [0, 0.05) is 24.7 Å². The summed E-state index contributed by atoms with van der Waals surface area (Å²) in [4.78, 5) is 12.5. The van der Waals surface area contributed by atoms with Gasteiger partial charge in [0.1, 0.15) is 0 Å². The Bertz CT molecular complexity index is 1140. The lowest BCUT2D eigenvalue weighted by Crippen LogP contribution is -2.23. The minimum absolute atomic E-state index is 0.0443. The summed E-state index contributed by atoms with van der Waals surface area (Å²) in [6.07, 6.45) is 3.10. The number of benzene rings is 3. The van der Waals surface area contributed by atoms with Crippen molar-refractivity contribution in [3.05, 3.63) is 107 Å². The highest BCUT2D eigenvalue weighted by Gasteiger charge is 2.14. The molecule has 0 spiro atoms. The van der Waals surface area contributed by atoms with Crippen LogP contribution in [0.5, 0.6) is 0 Å². The average molecular weight is 410 g/mol. The van der Waals surface area contributed by atoms with Crippen LogP contribution in [0, 0.1) is 13.8 Å². The highest BCUT2D eigenvalue weighted by atomic mass is 16.1. The smallest absolute Gasteiger partial charge is 0.220 e. The third kappa shape index (κ3) is 5.28. The van der Waals surface area contributed by atoms with Crippen molar-refractivity contribution in [2.45, 2.75) is 33.2 Å². The lowest BCUT2D eigenvalue weighted by Gasteiger charge is -2.06. The van der Waals surface area contributed by atoms with E-state index >= 15 is 0 Å². The third-order valence-electron chi connectivity index (χ3n) is 5.37. The SMILES string of the molecule is Cc1ccc(CNC(=O)CCc2cn(-c3ccccc3)nc2-c2ccc(C)cc2)cc1. The Labute approximate surface area is 183 Å². The van der Waals surface area contributed by atoms with Crippen LogP contribution in [0.25, 0.3) is 16.9 Å². The summed E-state index contributed by atoms with van der Waals surface area (Å²) in [6, 6.07) is 26.7. The molecule has 0 aliphatic carbocycles. The lowest BCUT2D eigenvalue weighted by molar-refractivity contribution is -0.121. The summed E-state index contributed by atoms with van der Waals surface area (Å²) >= 11 is 0. The number of nitrogens with zero attached hydrogens (tertiary/aromatic N) is 2. The molecule has 0 saturated carbocycles. The molecule has 0 aliphatic rings. The highest BCUT2D eigenvalue weighted by Crippen LogP contribution is 2.25. The van der Waals surface area contributed by atoms with E-state index in [1.54, 1.807) is 0 Å². The number of carbonyl (C=O) groups excluding carboxylic acids is 1. The largest absolute Gasteiger partial charge is 0.352 e. The first-order valence-electron chi connectivity index (χ1n) is 10.6. The Kier molecular flexibility index (Phi) is 6.27. The van der Waals surface area contributed by atoms with Crippen LogP contribution < -0.4 is 5.32 Å². The number of hydrogen-bond acceptors (Lipinski definition) is 2. The maximum absolute atomic E-state index is 12.5. The molecule has 1 aromatic heterocycles. The summed E-state index contributed by atoms with van der Waals surface area (Å²) in [5.41, 5.74) is 7.60. The van der Waals surface area contributed by atoms with Gasteiger partial charge in [-0.3, -0.25) is 4.79 Å². The molecule has 0 aliphatic heterocycles. The Balaban J connectivity index is 1.49. The predicted molar refractivity (Wildman–Crippen MR) is 125 cm³/mol. The van der Waals surface area contributed by atoms with Gasteiger partial charge >= 0.3 is 0 Å². The van der Waals surface area contributed by atoms with Gasteiger partial charge in [-0.15, -0.1) is 0 Å². The average Bonchev–Trinajstić information content (AvgIpc) is 3.23. The number of rotatable bonds is 7. The standard InChI is InChI=1S/C27H27N3O/c1-20-8-12-22(13-9-20)18-28-26(31)17-16-24-19-30(25-6-4-3-5-7-25)29-27(24)23-14-10-21(2)11-15-23/h3-15,19H,16-18H2,1-2H3,(H,28,31). The van der Waals surface area contributed by atoms with Crippen LogP contribution in [0.2, 0.25) is 0 Å². The fourth-order valence-corrected chi connectivity index (χ4v) is 3.50. The van der Waals surface area contributed by atoms with E-state index in [0.717, 1.165) is 28.1 Å². The molecule has 0 unspecified atom stereocenters. The fourth-order valence-electron chi connectivity index (χ4n) is 3.50. The molecule has 4 nitrogen and oxygen atoms in total. The summed E-state index contributed by atoms with van der Waals surface area (Å²) in [7, 11) is 0. The van der Waals surface area contributed by atoms with Gasteiger partial charge in [0.15, 0.2) is 0 Å². The van der Waals surface area contributed by atoms with Crippen LogP contribution in [-0.4, -0.2) is 15.7 Å². The lowest BCUT2D eigenvalue weighted by atomic mass is 10.0. The first-order chi connectivity index (χ1) is 15.1. The van der Waals surface area contributed by atoms with Crippen LogP contribution in [0.15, 0.2) is 85.1 Å². The second-order valence-corrected chi connectivity index (χ2v) is 7.91. The van der Waals surface area contributed by atoms with E-state index in [1.807, 2.05) is 41.2 Å². The number of nitrogens with one attached hydrogen (secondary N) is 1. The van der Waals surface area contributed by atoms with Crippen LogP contribution in [0.1, 0.15) is 28.7 Å². The summed E-state index contributed by atoms with van der Waals surface area (Å²) in [6.45, 7) is 4.68. The molecule has 4 heteroatoms. The minimum atomic E-state index is 0.0443. The van der Waals surface area contributed by atoms with E-state index in [1.165, 1.54) is 11.1 Å². The Morgan fingerprint density at radius 1 is 0.871 bits per heavy atom. The molecule has 4 aromatic rings. The first-order valence-corrected chi connectivity index (χ1v) is 10.6. The van der Waals surface area contributed by atoms with Crippen molar-refractivity contribution in [3.8, 4) is 16.9 Å². The predicted octanol–water partition coefficient (Wildman–Crippen LogP) is 5.41. The molecule has 0 saturated heterocycles. The van der Waals surface area contributed by atoms with Gasteiger partial charge in [0.25, 0.3) is 0 Å². The second-order valence-electron chi connectivity index (χ2n) is 7.91. The molecule has 1 N–H and O–H groups in total. The number of hydrogen-bond donors (Lipinski definition) is 1. The molecule has 4 rings (SSSR count). The Morgan fingerprint density at radius 2 is 1.52 bits per heavy atom. The maximum atomic E-state index is 12.5. The van der Waals surface area contributed by atoms with Crippen molar-refractivity contribution >= 4 is 5.91 Å². The van der Waals surface area contributed by atoms with E-state index in [9.17, 15) is 4.79 Å². The van der Waals surface area contributed by atoms with Gasteiger partial charge in [-0.1, -0.05) is 77.9 Å². The number of aryl methyl sites for hydroxylation is 3. The maximum Gasteiger partial charge on any atom is 0.220 e. The second kappa shape index (κ2) is 9.43. The molecule has 0 atom stereocenters. The van der Waals surface area contributed by atoms with E-state index in [2.05, 4.69) is 67.7 Å². The van der Waals surface area contributed by atoms with Crippen LogP contribution >= 0.6 is 0 Å². The molecule has 0 bridgehead atoms. The van der Waals surface area contributed by atoms with Crippen molar-refractivity contribution in [2.75, 3.05) is 0 Å². The molecule has 1 heterocycles. The summed E-state index contributed by atoms with van der Waals surface area (Å²) in [5, 5.41) is 7.87. The van der Waals surface area contributed by atoms with Gasteiger partial charge in [0.05, 0.1) is 11.4 Å². The number of aromatic nitrogens is 2. The summed E-state index contributed by atoms with van der Waals surface area (Å²) < 4.78 is 1.90. The third-order valence-corrected chi connectivity index (χ3v) is 5.37. The van der Waals surface area contributed by atoms with E-state index in [-0.39, 0.29) is 5.91 Å². The molecule has 31 heavy (non-hydrogen) atoms. The minimum Gasteiger partial charge on any atom is -0.352 e. The van der Waals surface area contributed by atoms with E-state index in [0.29, 0.717) is 19.4 Å². The zero-order valence-corrected chi connectivity index (χ0v) is 18.0. The quantitative estimate of drug-likeness (QED) is 0.444. The number of amides is 1. The molecular weight excluding hydrogens is 382 g/mol. The number of carbonyl (C=O) groups is 1. The van der Waals surface area contributed by atoms with Crippen LogP contribution in [0.3, 0.4) is 0 Å². The molecule has 0 radical (unpaired) electrons. The van der Waals surface area contributed by atoms with Crippen molar-refractivity contribution in [1.29, 1.82) is 0 Å². The van der Waals surface area contributed by atoms with Crippen molar-refractivity contribution in [3.63, 3.8) is 0 Å². The van der Waals surface area contributed by atoms with Gasteiger partial charge in [0.2, 0.25) is 5.91 Å². The molecule has 3 aromatic carbocycles. The van der Waals surface area contributed by atoms with Crippen molar-refractivity contribution in [2.24, 2.45) is 0 Å². The zero-order valence-electron chi connectivity index (χ0n) is 18.0. The molecule has 156 valence electrons. The van der Waals surface area contributed by atoms with Gasteiger partial charge in [-0.25, -0.2) is 4.68 Å². The highest BCUT2D eigenvalue weighted by molar-refractivity contribution is 5.76. The van der Waals surface area contributed by atoms with E-state index < -0.39 is 0 Å². The van der Waals surface area contributed by atoms with Crippen molar-refractivity contribution < 1.29 is 4.79 Å². The molecule has 0 fully saturated rings. The Hall–Kier alpha value is -3.66. The fraction of sp³-hybridized carbons (Fsp3) is 0.185.